The van der Waals surface area contributed by atoms with Crippen LogP contribution in [0.15, 0.2) is 87.4 Å². The Morgan fingerprint density at radius 2 is 1.90 bits per heavy atom. The maximum Gasteiger partial charge on any atom is 0.336 e. The first-order chi connectivity index (χ1) is 14.7. The minimum atomic E-state index is -0.362. The van der Waals surface area contributed by atoms with Crippen LogP contribution in [0.1, 0.15) is 5.56 Å². The summed E-state index contributed by atoms with van der Waals surface area (Å²) >= 11 is 1.51. The van der Waals surface area contributed by atoms with Crippen molar-refractivity contribution in [1.29, 1.82) is 0 Å². The summed E-state index contributed by atoms with van der Waals surface area (Å²) < 4.78 is 12.8. The Hall–Kier alpha value is -3.58. The van der Waals surface area contributed by atoms with Gasteiger partial charge in [-0.2, -0.15) is 0 Å². The second-order valence-corrected chi connectivity index (χ2v) is 7.64. The van der Waals surface area contributed by atoms with E-state index in [4.69, 9.17) is 9.15 Å². The number of rotatable bonds is 5. The average Bonchev–Trinajstić information content (AvgIpc) is 3.25. The quantitative estimate of drug-likeness (QED) is 0.233. The van der Waals surface area contributed by atoms with Crippen LogP contribution < -0.4 is 10.4 Å². The van der Waals surface area contributed by atoms with E-state index in [1.54, 1.807) is 19.5 Å². The minimum absolute atomic E-state index is 0.362. The fourth-order valence-electron chi connectivity index (χ4n) is 3.59. The third kappa shape index (κ3) is 3.23. The molecule has 0 amide bonds. The Balaban J connectivity index is 1.57. The van der Waals surface area contributed by atoms with Crippen molar-refractivity contribution in [3.8, 4) is 11.4 Å². The van der Waals surface area contributed by atoms with Gasteiger partial charge in [0.2, 0.25) is 0 Å². The SMILES string of the molecule is COc1ccccc1-n1cnnc1SCc1cc(=O)oc2ccc3ccccc3c12. The van der Waals surface area contributed by atoms with Crippen molar-refractivity contribution in [2.75, 3.05) is 7.11 Å². The second kappa shape index (κ2) is 7.68. The van der Waals surface area contributed by atoms with Gasteiger partial charge >= 0.3 is 5.63 Å². The van der Waals surface area contributed by atoms with Crippen molar-refractivity contribution in [1.82, 2.24) is 14.8 Å². The van der Waals surface area contributed by atoms with Crippen molar-refractivity contribution >= 4 is 33.5 Å². The molecule has 0 fully saturated rings. The lowest BCUT2D eigenvalue weighted by atomic mass is 10.0. The summed E-state index contributed by atoms with van der Waals surface area (Å²) in [5.74, 6) is 1.28. The molecule has 7 heteroatoms. The molecule has 0 aliphatic heterocycles. The van der Waals surface area contributed by atoms with Gasteiger partial charge in [-0.25, -0.2) is 4.79 Å². The maximum absolute atomic E-state index is 12.1. The van der Waals surface area contributed by atoms with Crippen LogP contribution in [0.25, 0.3) is 27.4 Å². The molecule has 0 radical (unpaired) electrons. The highest BCUT2D eigenvalue weighted by Gasteiger charge is 2.14. The van der Waals surface area contributed by atoms with E-state index < -0.39 is 0 Å². The highest BCUT2D eigenvalue weighted by molar-refractivity contribution is 7.98. The van der Waals surface area contributed by atoms with Gasteiger partial charge in [0, 0.05) is 17.2 Å². The summed E-state index contributed by atoms with van der Waals surface area (Å²) in [4.78, 5) is 12.1. The van der Waals surface area contributed by atoms with E-state index in [0.29, 0.717) is 16.5 Å². The summed E-state index contributed by atoms with van der Waals surface area (Å²) in [6.07, 6.45) is 1.66. The summed E-state index contributed by atoms with van der Waals surface area (Å²) in [5, 5.41) is 12.2. The van der Waals surface area contributed by atoms with Crippen molar-refractivity contribution in [3.05, 3.63) is 89.0 Å². The first-order valence-corrected chi connectivity index (χ1v) is 10.3. The first kappa shape index (κ1) is 18.4. The Kier molecular flexibility index (Phi) is 4.72. The van der Waals surface area contributed by atoms with Crippen molar-refractivity contribution in [3.63, 3.8) is 0 Å². The predicted molar refractivity (Wildman–Crippen MR) is 117 cm³/mol. The van der Waals surface area contributed by atoms with E-state index in [1.807, 2.05) is 59.2 Å². The molecule has 0 N–H and O–H groups in total. The van der Waals surface area contributed by atoms with Crippen LogP contribution in [0.4, 0.5) is 0 Å². The van der Waals surface area contributed by atoms with Crippen molar-refractivity contribution < 1.29 is 9.15 Å². The summed E-state index contributed by atoms with van der Waals surface area (Å²) in [5.41, 5.74) is 1.98. The van der Waals surface area contributed by atoms with Gasteiger partial charge in [0.25, 0.3) is 0 Å². The van der Waals surface area contributed by atoms with Gasteiger partial charge in [0.1, 0.15) is 17.7 Å². The molecule has 0 aliphatic carbocycles. The molecule has 0 saturated carbocycles. The predicted octanol–water partition coefficient (Wildman–Crippen LogP) is 4.83. The Morgan fingerprint density at radius 1 is 1.07 bits per heavy atom. The number of hydrogen-bond acceptors (Lipinski definition) is 6. The number of nitrogens with zero attached hydrogens (tertiary/aromatic N) is 3. The number of hydrogen-bond donors (Lipinski definition) is 0. The lowest BCUT2D eigenvalue weighted by molar-refractivity contribution is 0.412. The van der Waals surface area contributed by atoms with E-state index in [2.05, 4.69) is 16.3 Å². The molecule has 3 aromatic carbocycles. The maximum atomic E-state index is 12.1. The monoisotopic (exact) mass is 415 g/mol. The summed E-state index contributed by atoms with van der Waals surface area (Å²) in [7, 11) is 1.64. The summed E-state index contributed by atoms with van der Waals surface area (Å²) in [6.45, 7) is 0. The minimum Gasteiger partial charge on any atom is -0.495 e. The number of methoxy groups -OCH3 is 1. The molecule has 0 unspecified atom stereocenters. The molecule has 5 aromatic rings. The fourth-order valence-corrected chi connectivity index (χ4v) is 4.49. The third-order valence-electron chi connectivity index (χ3n) is 4.93. The largest absolute Gasteiger partial charge is 0.495 e. The molecule has 30 heavy (non-hydrogen) atoms. The van der Waals surface area contributed by atoms with Gasteiger partial charge in [-0.05, 0) is 34.5 Å². The number of para-hydroxylation sites is 2. The van der Waals surface area contributed by atoms with Gasteiger partial charge in [0.15, 0.2) is 5.16 Å². The number of aromatic nitrogens is 3. The molecule has 0 bridgehead atoms. The molecule has 5 rings (SSSR count). The number of thioether (sulfide) groups is 1. The van der Waals surface area contributed by atoms with E-state index in [9.17, 15) is 4.79 Å². The van der Waals surface area contributed by atoms with Crippen LogP contribution in [-0.4, -0.2) is 21.9 Å². The van der Waals surface area contributed by atoms with Crippen LogP contribution in [-0.2, 0) is 5.75 Å². The van der Waals surface area contributed by atoms with Crippen LogP contribution in [0.5, 0.6) is 5.75 Å². The summed E-state index contributed by atoms with van der Waals surface area (Å²) in [6, 6.07) is 21.2. The molecule has 0 saturated heterocycles. The number of ether oxygens (including phenoxy) is 1. The molecule has 2 aromatic heterocycles. The van der Waals surface area contributed by atoms with Gasteiger partial charge in [0.05, 0.1) is 12.8 Å². The van der Waals surface area contributed by atoms with E-state index >= 15 is 0 Å². The smallest absolute Gasteiger partial charge is 0.336 e. The molecular weight excluding hydrogens is 398 g/mol. The number of fused-ring (bicyclic) bond motifs is 3. The van der Waals surface area contributed by atoms with E-state index in [-0.39, 0.29) is 5.63 Å². The zero-order valence-electron chi connectivity index (χ0n) is 16.1. The van der Waals surface area contributed by atoms with Crippen molar-refractivity contribution in [2.45, 2.75) is 10.9 Å². The molecule has 0 spiro atoms. The van der Waals surface area contributed by atoms with Gasteiger partial charge in [-0.1, -0.05) is 54.2 Å². The van der Waals surface area contributed by atoms with Crippen LogP contribution in [0.2, 0.25) is 0 Å². The van der Waals surface area contributed by atoms with E-state index in [1.165, 1.54) is 11.8 Å². The molecular formula is C23H17N3O3S. The molecule has 0 atom stereocenters. The lowest BCUT2D eigenvalue weighted by Gasteiger charge is -2.11. The highest BCUT2D eigenvalue weighted by atomic mass is 32.2. The van der Waals surface area contributed by atoms with E-state index in [0.717, 1.165) is 33.2 Å². The van der Waals surface area contributed by atoms with Crippen LogP contribution >= 0.6 is 11.8 Å². The average molecular weight is 415 g/mol. The standard InChI is InChI=1S/C23H17N3O3S/c1-28-19-9-5-4-8-18(19)26-14-24-25-23(26)30-13-16-12-21(27)29-20-11-10-15-6-2-3-7-17(15)22(16)20/h2-12,14H,13H2,1H3. The van der Waals surface area contributed by atoms with Gasteiger partial charge in [-0.15, -0.1) is 10.2 Å². The fraction of sp³-hybridized carbons (Fsp3) is 0.0870. The van der Waals surface area contributed by atoms with Gasteiger partial charge < -0.3 is 9.15 Å². The van der Waals surface area contributed by atoms with Crippen LogP contribution in [0.3, 0.4) is 0 Å². The molecule has 148 valence electrons. The molecule has 6 nitrogen and oxygen atoms in total. The highest BCUT2D eigenvalue weighted by Crippen LogP contribution is 2.32. The zero-order valence-corrected chi connectivity index (χ0v) is 16.9. The Labute approximate surface area is 176 Å². The number of benzene rings is 3. The normalized spacial score (nSPS) is 11.2. The second-order valence-electron chi connectivity index (χ2n) is 6.69. The van der Waals surface area contributed by atoms with Crippen molar-refractivity contribution in [2.24, 2.45) is 0 Å². The van der Waals surface area contributed by atoms with Gasteiger partial charge in [-0.3, -0.25) is 4.57 Å². The first-order valence-electron chi connectivity index (χ1n) is 9.35. The van der Waals surface area contributed by atoms with Crippen LogP contribution in [0, 0.1) is 0 Å². The topological polar surface area (TPSA) is 70.2 Å². The molecule has 2 heterocycles. The molecule has 0 aliphatic rings. The Bertz CT molecular complexity index is 1420. The Morgan fingerprint density at radius 3 is 2.80 bits per heavy atom. The zero-order chi connectivity index (χ0) is 20.5. The lowest BCUT2D eigenvalue weighted by Crippen LogP contribution is -2.02. The third-order valence-corrected chi connectivity index (χ3v) is 5.92.